The minimum absolute atomic E-state index is 0.0424. The van der Waals surface area contributed by atoms with Crippen LogP contribution >= 0.6 is 0 Å². The molecule has 0 spiro atoms. The highest BCUT2D eigenvalue weighted by atomic mass is 16.5. The highest BCUT2D eigenvalue weighted by Crippen LogP contribution is 2.25. The van der Waals surface area contributed by atoms with Crippen molar-refractivity contribution >= 4 is 5.78 Å². The molecule has 0 aliphatic heterocycles. The Hall–Kier alpha value is -1.57. The Labute approximate surface area is 102 Å². The van der Waals surface area contributed by atoms with Crippen molar-refractivity contribution < 1.29 is 9.53 Å². The van der Waals surface area contributed by atoms with Gasteiger partial charge in [-0.1, -0.05) is 37.1 Å². The van der Waals surface area contributed by atoms with E-state index >= 15 is 0 Å². The van der Waals surface area contributed by atoms with Gasteiger partial charge in [-0.2, -0.15) is 0 Å². The Morgan fingerprint density at radius 2 is 1.94 bits per heavy atom. The maximum atomic E-state index is 11.6. The van der Waals surface area contributed by atoms with Crippen LogP contribution in [0.5, 0.6) is 5.75 Å². The van der Waals surface area contributed by atoms with Gasteiger partial charge < -0.3 is 4.74 Å². The standard InChI is InChI=1S/C15H18O2/c16-14(11-10-13-6-4-5-7-13)12-17-15-8-2-1-3-9-15/h1-3,8-11,13H,4-7,12H2/b11-10+. The van der Waals surface area contributed by atoms with Crippen LogP contribution in [0.3, 0.4) is 0 Å². The topological polar surface area (TPSA) is 26.3 Å². The Balaban J connectivity index is 1.74. The molecule has 2 heteroatoms. The average molecular weight is 230 g/mol. The number of carbonyl (C=O) groups excluding carboxylic acids is 1. The van der Waals surface area contributed by atoms with E-state index in [1.807, 2.05) is 36.4 Å². The highest BCUT2D eigenvalue weighted by molar-refractivity contribution is 5.90. The number of rotatable bonds is 5. The molecule has 0 radical (unpaired) electrons. The van der Waals surface area contributed by atoms with Gasteiger partial charge in [0.2, 0.25) is 0 Å². The largest absolute Gasteiger partial charge is 0.485 e. The lowest BCUT2D eigenvalue weighted by atomic mass is 10.1. The first-order valence-corrected chi connectivity index (χ1v) is 6.23. The Morgan fingerprint density at radius 3 is 2.65 bits per heavy atom. The van der Waals surface area contributed by atoms with Crippen LogP contribution in [0.4, 0.5) is 0 Å². The van der Waals surface area contributed by atoms with Gasteiger partial charge in [-0.25, -0.2) is 0 Å². The first kappa shape index (κ1) is 11.9. The molecule has 90 valence electrons. The fourth-order valence-electron chi connectivity index (χ4n) is 2.11. The van der Waals surface area contributed by atoms with Crippen LogP contribution in [-0.4, -0.2) is 12.4 Å². The van der Waals surface area contributed by atoms with E-state index in [0.29, 0.717) is 5.92 Å². The summed E-state index contributed by atoms with van der Waals surface area (Å²) in [7, 11) is 0. The zero-order valence-corrected chi connectivity index (χ0v) is 9.97. The lowest BCUT2D eigenvalue weighted by Crippen LogP contribution is -2.08. The zero-order chi connectivity index (χ0) is 11.9. The molecule has 2 nitrogen and oxygen atoms in total. The molecule has 0 bridgehead atoms. The van der Waals surface area contributed by atoms with Gasteiger partial charge in [0.05, 0.1) is 0 Å². The first-order chi connectivity index (χ1) is 8.34. The third-order valence-corrected chi connectivity index (χ3v) is 3.08. The van der Waals surface area contributed by atoms with E-state index in [2.05, 4.69) is 0 Å². The van der Waals surface area contributed by atoms with Crippen LogP contribution in [0.1, 0.15) is 25.7 Å². The van der Waals surface area contributed by atoms with E-state index in [1.54, 1.807) is 6.08 Å². The van der Waals surface area contributed by atoms with Gasteiger partial charge in [0, 0.05) is 0 Å². The monoisotopic (exact) mass is 230 g/mol. The van der Waals surface area contributed by atoms with Crippen molar-refractivity contribution in [3.63, 3.8) is 0 Å². The fraction of sp³-hybridized carbons (Fsp3) is 0.400. The van der Waals surface area contributed by atoms with Gasteiger partial charge in [0.15, 0.2) is 12.4 Å². The number of benzene rings is 1. The molecule has 1 saturated carbocycles. The smallest absolute Gasteiger partial charge is 0.192 e. The summed E-state index contributed by atoms with van der Waals surface area (Å²) >= 11 is 0. The van der Waals surface area contributed by atoms with Crippen molar-refractivity contribution in [1.82, 2.24) is 0 Å². The second kappa shape index (κ2) is 6.24. The van der Waals surface area contributed by atoms with Crippen LogP contribution in [0.25, 0.3) is 0 Å². The maximum absolute atomic E-state index is 11.6. The lowest BCUT2D eigenvalue weighted by Gasteiger charge is -2.03. The molecule has 0 atom stereocenters. The predicted molar refractivity (Wildman–Crippen MR) is 68.0 cm³/mol. The molecule has 1 aliphatic carbocycles. The molecule has 1 aliphatic rings. The van der Waals surface area contributed by atoms with Crippen molar-refractivity contribution in [2.24, 2.45) is 5.92 Å². The summed E-state index contributed by atoms with van der Waals surface area (Å²) in [6.45, 7) is 0.132. The van der Waals surface area contributed by atoms with Crippen molar-refractivity contribution in [2.75, 3.05) is 6.61 Å². The summed E-state index contributed by atoms with van der Waals surface area (Å²) in [5.74, 6) is 1.39. The summed E-state index contributed by atoms with van der Waals surface area (Å²) in [6, 6.07) is 9.43. The van der Waals surface area contributed by atoms with Crippen LogP contribution in [0, 0.1) is 5.92 Å². The molecule has 1 aromatic carbocycles. The summed E-state index contributed by atoms with van der Waals surface area (Å²) in [4.78, 5) is 11.6. The first-order valence-electron chi connectivity index (χ1n) is 6.23. The summed E-state index contributed by atoms with van der Waals surface area (Å²) in [5.41, 5.74) is 0. The van der Waals surface area contributed by atoms with Gasteiger partial charge in [0.1, 0.15) is 5.75 Å². The summed E-state index contributed by atoms with van der Waals surface area (Å²) in [5, 5.41) is 0. The van der Waals surface area contributed by atoms with E-state index in [0.717, 1.165) is 5.75 Å². The number of allylic oxidation sites excluding steroid dienone is 1. The Bertz CT molecular complexity index is 375. The van der Waals surface area contributed by atoms with Crippen molar-refractivity contribution in [2.45, 2.75) is 25.7 Å². The minimum atomic E-state index is 0.0424. The van der Waals surface area contributed by atoms with Crippen molar-refractivity contribution in [3.8, 4) is 5.75 Å². The molecule has 1 fully saturated rings. The predicted octanol–water partition coefficient (Wildman–Crippen LogP) is 3.38. The van der Waals surface area contributed by atoms with E-state index < -0.39 is 0 Å². The quantitative estimate of drug-likeness (QED) is 0.725. The van der Waals surface area contributed by atoms with Gasteiger partial charge in [0.25, 0.3) is 0 Å². The van der Waals surface area contributed by atoms with Crippen molar-refractivity contribution in [1.29, 1.82) is 0 Å². The van der Waals surface area contributed by atoms with E-state index in [-0.39, 0.29) is 12.4 Å². The number of carbonyl (C=O) groups is 1. The van der Waals surface area contributed by atoms with Crippen LogP contribution < -0.4 is 4.74 Å². The van der Waals surface area contributed by atoms with Crippen LogP contribution in [-0.2, 0) is 4.79 Å². The number of hydrogen-bond donors (Lipinski definition) is 0. The fourth-order valence-corrected chi connectivity index (χ4v) is 2.11. The molecule has 0 heterocycles. The average Bonchev–Trinajstić information content (AvgIpc) is 2.88. The highest BCUT2D eigenvalue weighted by Gasteiger charge is 2.11. The molecule has 2 rings (SSSR count). The van der Waals surface area contributed by atoms with Crippen molar-refractivity contribution in [3.05, 3.63) is 42.5 Å². The number of hydrogen-bond acceptors (Lipinski definition) is 2. The molecule has 17 heavy (non-hydrogen) atoms. The second-order valence-corrected chi connectivity index (χ2v) is 4.47. The summed E-state index contributed by atoms with van der Waals surface area (Å²) < 4.78 is 5.38. The van der Waals surface area contributed by atoms with E-state index in [9.17, 15) is 4.79 Å². The maximum Gasteiger partial charge on any atom is 0.192 e. The third-order valence-electron chi connectivity index (χ3n) is 3.08. The molecule has 0 N–H and O–H groups in total. The Kier molecular flexibility index (Phi) is 4.37. The normalized spacial score (nSPS) is 16.5. The molecule has 0 amide bonds. The third kappa shape index (κ3) is 4.06. The number of ketones is 1. The summed E-state index contributed by atoms with van der Waals surface area (Å²) in [6.07, 6.45) is 8.77. The molecular formula is C15H18O2. The number of ether oxygens (including phenoxy) is 1. The van der Waals surface area contributed by atoms with E-state index in [4.69, 9.17) is 4.74 Å². The van der Waals surface area contributed by atoms with Crippen LogP contribution in [0.2, 0.25) is 0 Å². The number of para-hydroxylation sites is 1. The van der Waals surface area contributed by atoms with E-state index in [1.165, 1.54) is 25.7 Å². The Morgan fingerprint density at radius 1 is 1.24 bits per heavy atom. The van der Waals surface area contributed by atoms with Gasteiger partial charge in [-0.05, 0) is 37.0 Å². The molecule has 1 aromatic rings. The van der Waals surface area contributed by atoms with Crippen LogP contribution in [0.15, 0.2) is 42.5 Å². The second-order valence-electron chi connectivity index (χ2n) is 4.47. The molecule has 0 saturated heterocycles. The van der Waals surface area contributed by atoms with Gasteiger partial charge >= 0.3 is 0 Å². The molecular weight excluding hydrogens is 212 g/mol. The van der Waals surface area contributed by atoms with Gasteiger partial charge in [-0.3, -0.25) is 4.79 Å². The van der Waals surface area contributed by atoms with Gasteiger partial charge in [-0.15, -0.1) is 0 Å². The zero-order valence-electron chi connectivity index (χ0n) is 9.97. The SMILES string of the molecule is O=C(/C=C/C1CCCC1)COc1ccccc1. The lowest BCUT2D eigenvalue weighted by molar-refractivity contribution is -0.116. The molecule has 0 aromatic heterocycles. The minimum Gasteiger partial charge on any atom is -0.485 e. The molecule has 0 unspecified atom stereocenters.